The molecular weight excluding hydrogens is 296 g/mol. The van der Waals surface area contributed by atoms with Gasteiger partial charge in [-0.3, -0.25) is 4.90 Å². The highest BCUT2D eigenvalue weighted by Gasteiger charge is 2.27. The van der Waals surface area contributed by atoms with E-state index in [4.69, 9.17) is 9.63 Å². The van der Waals surface area contributed by atoms with E-state index in [2.05, 4.69) is 15.0 Å². The lowest BCUT2D eigenvalue weighted by molar-refractivity contribution is 0.0693. The van der Waals surface area contributed by atoms with Crippen LogP contribution in [0.1, 0.15) is 18.3 Å². The van der Waals surface area contributed by atoms with Crippen LogP contribution in [0.3, 0.4) is 0 Å². The third-order valence-electron chi connectivity index (χ3n) is 4.11. The number of carbonyl (C=O) groups is 1. The lowest BCUT2D eigenvalue weighted by atomic mass is 10.1. The molecule has 0 radical (unpaired) electrons. The van der Waals surface area contributed by atoms with Gasteiger partial charge in [0.05, 0.1) is 6.54 Å². The maximum absolute atomic E-state index is 11.0. The minimum Gasteiger partial charge on any atom is -0.465 e. The number of benzene rings is 1. The monoisotopic (exact) mass is 316 g/mol. The third-order valence-corrected chi connectivity index (χ3v) is 4.11. The fourth-order valence-electron chi connectivity index (χ4n) is 2.80. The summed E-state index contributed by atoms with van der Waals surface area (Å²) in [7, 11) is 0. The van der Waals surface area contributed by atoms with Gasteiger partial charge in [-0.15, -0.1) is 0 Å². The largest absolute Gasteiger partial charge is 0.465 e. The van der Waals surface area contributed by atoms with E-state index < -0.39 is 6.09 Å². The van der Waals surface area contributed by atoms with Gasteiger partial charge in [0.2, 0.25) is 0 Å². The van der Waals surface area contributed by atoms with Crippen molar-refractivity contribution in [2.75, 3.05) is 19.6 Å². The zero-order valence-electron chi connectivity index (χ0n) is 13.3. The van der Waals surface area contributed by atoms with Crippen LogP contribution in [0.15, 0.2) is 28.8 Å². The standard InChI is InChI=1S/C16H20N4O3/c1-11-4-3-5-13(8-11)15-17-14(18-23-15)10-19-6-7-20(16(21)22)9-12(19)2/h3-5,8,12H,6-7,9-10H2,1-2H3,(H,21,22)/t12-/m0/s1. The zero-order chi connectivity index (χ0) is 16.4. The Labute approximate surface area is 134 Å². The van der Waals surface area contributed by atoms with Crippen molar-refractivity contribution in [1.29, 1.82) is 0 Å². The van der Waals surface area contributed by atoms with E-state index in [9.17, 15) is 4.79 Å². The molecule has 23 heavy (non-hydrogen) atoms. The fourth-order valence-corrected chi connectivity index (χ4v) is 2.80. The number of hydrogen-bond donors (Lipinski definition) is 1. The van der Waals surface area contributed by atoms with Crippen LogP contribution in [0.25, 0.3) is 11.5 Å². The molecule has 1 amide bonds. The minimum atomic E-state index is -0.863. The highest BCUT2D eigenvalue weighted by Crippen LogP contribution is 2.19. The van der Waals surface area contributed by atoms with Gasteiger partial charge in [-0.2, -0.15) is 4.98 Å². The van der Waals surface area contributed by atoms with E-state index in [-0.39, 0.29) is 6.04 Å². The molecule has 1 aromatic heterocycles. The average molecular weight is 316 g/mol. The summed E-state index contributed by atoms with van der Waals surface area (Å²) in [4.78, 5) is 19.1. The lowest BCUT2D eigenvalue weighted by Crippen LogP contribution is -2.52. The smallest absolute Gasteiger partial charge is 0.407 e. The molecule has 3 rings (SSSR count). The van der Waals surface area contributed by atoms with Gasteiger partial charge in [-0.1, -0.05) is 22.9 Å². The van der Waals surface area contributed by atoms with Crippen LogP contribution >= 0.6 is 0 Å². The number of amides is 1. The first-order valence-electron chi connectivity index (χ1n) is 7.64. The number of rotatable bonds is 3. The van der Waals surface area contributed by atoms with E-state index in [1.807, 2.05) is 38.1 Å². The van der Waals surface area contributed by atoms with Gasteiger partial charge >= 0.3 is 6.09 Å². The highest BCUT2D eigenvalue weighted by atomic mass is 16.5. The highest BCUT2D eigenvalue weighted by molar-refractivity contribution is 5.65. The van der Waals surface area contributed by atoms with Crippen LogP contribution in [0, 0.1) is 6.92 Å². The molecular formula is C16H20N4O3. The molecule has 122 valence electrons. The quantitative estimate of drug-likeness (QED) is 0.935. The molecule has 0 bridgehead atoms. The van der Waals surface area contributed by atoms with E-state index in [0.717, 1.165) is 11.1 Å². The molecule has 1 fully saturated rings. The Hall–Kier alpha value is -2.41. The van der Waals surface area contributed by atoms with Crippen LogP contribution < -0.4 is 0 Å². The van der Waals surface area contributed by atoms with Gasteiger partial charge in [0.25, 0.3) is 5.89 Å². The van der Waals surface area contributed by atoms with Crippen LogP contribution in [0.2, 0.25) is 0 Å². The summed E-state index contributed by atoms with van der Waals surface area (Å²) < 4.78 is 5.35. The Bertz CT molecular complexity index is 700. The molecule has 1 aromatic carbocycles. The van der Waals surface area contributed by atoms with Crippen molar-refractivity contribution in [3.05, 3.63) is 35.7 Å². The molecule has 0 spiro atoms. The molecule has 1 saturated heterocycles. The molecule has 0 unspecified atom stereocenters. The SMILES string of the molecule is Cc1cccc(-c2nc(CN3CCN(C(=O)O)C[C@@H]3C)no2)c1. The van der Waals surface area contributed by atoms with Crippen molar-refractivity contribution in [3.8, 4) is 11.5 Å². The summed E-state index contributed by atoms with van der Waals surface area (Å²) in [6.07, 6.45) is -0.863. The fraction of sp³-hybridized carbons (Fsp3) is 0.438. The summed E-state index contributed by atoms with van der Waals surface area (Å²) in [6.45, 7) is 6.26. The number of piperazine rings is 1. The predicted molar refractivity (Wildman–Crippen MR) is 83.9 cm³/mol. The second-order valence-corrected chi connectivity index (χ2v) is 5.93. The molecule has 2 aromatic rings. The normalized spacial score (nSPS) is 19.0. The first kappa shape index (κ1) is 15.5. The molecule has 0 saturated carbocycles. The Kier molecular flexibility index (Phi) is 4.29. The third kappa shape index (κ3) is 3.50. The van der Waals surface area contributed by atoms with Gasteiger partial charge in [0.1, 0.15) is 0 Å². The van der Waals surface area contributed by atoms with E-state index in [1.165, 1.54) is 4.90 Å². The lowest BCUT2D eigenvalue weighted by Gasteiger charge is -2.37. The van der Waals surface area contributed by atoms with Crippen LogP contribution in [-0.4, -0.2) is 56.8 Å². The van der Waals surface area contributed by atoms with Crippen molar-refractivity contribution in [1.82, 2.24) is 19.9 Å². The van der Waals surface area contributed by atoms with Gasteiger partial charge in [0, 0.05) is 31.2 Å². The maximum Gasteiger partial charge on any atom is 0.407 e. The number of nitrogens with zero attached hydrogens (tertiary/aromatic N) is 4. The van der Waals surface area contributed by atoms with Gasteiger partial charge < -0.3 is 14.5 Å². The van der Waals surface area contributed by atoms with Crippen molar-refractivity contribution in [2.45, 2.75) is 26.4 Å². The second-order valence-electron chi connectivity index (χ2n) is 5.93. The van der Waals surface area contributed by atoms with Gasteiger partial charge in [-0.05, 0) is 26.0 Å². The summed E-state index contributed by atoms with van der Waals surface area (Å²) in [5, 5.41) is 13.1. The molecule has 7 nitrogen and oxygen atoms in total. The summed E-state index contributed by atoms with van der Waals surface area (Å²) in [6, 6.07) is 8.05. The first-order chi connectivity index (χ1) is 11.0. The van der Waals surface area contributed by atoms with Crippen LogP contribution in [0.5, 0.6) is 0 Å². The van der Waals surface area contributed by atoms with Gasteiger partial charge in [0.15, 0.2) is 5.82 Å². The molecule has 1 atom stereocenters. The van der Waals surface area contributed by atoms with Crippen molar-refractivity contribution < 1.29 is 14.4 Å². The molecule has 1 N–H and O–H groups in total. The Morgan fingerprint density at radius 3 is 2.96 bits per heavy atom. The Morgan fingerprint density at radius 2 is 2.26 bits per heavy atom. The van der Waals surface area contributed by atoms with E-state index >= 15 is 0 Å². The average Bonchev–Trinajstić information content (AvgIpc) is 2.98. The molecule has 7 heteroatoms. The van der Waals surface area contributed by atoms with Crippen molar-refractivity contribution in [2.24, 2.45) is 0 Å². The maximum atomic E-state index is 11.0. The Morgan fingerprint density at radius 1 is 1.43 bits per heavy atom. The van der Waals surface area contributed by atoms with Crippen LogP contribution in [-0.2, 0) is 6.54 Å². The summed E-state index contributed by atoms with van der Waals surface area (Å²) >= 11 is 0. The topological polar surface area (TPSA) is 82.7 Å². The molecule has 1 aliphatic rings. The zero-order valence-corrected chi connectivity index (χ0v) is 13.3. The van der Waals surface area contributed by atoms with Crippen molar-refractivity contribution in [3.63, 3.8) is 0 Å². The minimum absolute atomic E-state index is 0.126. The summed E-state index contributed by atoms with van der Waals surface area (Å²) in [5.74, 6) is 1.14. The van der Waals surface area contributed by atoms with E-state index in [0.29, 0.717) is 37.9 Å². The number of aryl methyl sites for hydroxylation is 1. The second kappa shape index (κ2) is 6.37. The number of hydrogen-bond acceptors (Lipinski definition) is 5. The number of carboxylic acid groups (broad SMARTS) is 1. The predicted octanol–water partition coefficient (Wildman–Crippen LogP) is 2.23. The van der Waals surface area contributed by atoms with Crippen molar-refractivity contribution >= 4 is 6.09 Å². The van der Waals surface area contributed by atoms with E-state index in [1.54, 1.807) is 0 Å². The Balaban J connectivity index is 1.67. The summed E-state index contributed by atoms with van der Waals surface area (Å²) in [5.41, 5.74) is 2.05. The molecule has 1 aliphatic heterocycles. The first-order valence-corrected chi connectivity index (χ1v) is 7.64. The molecule has 0 aliphatic carbocycles. The van der Waals surface area contributed by atoms with Crippen LogP contribution in [0.4, 0.5) is 4.79 Å². The number of aromatic nitrogens is 2. The van der Waals surface area contributed by atoms with Gasteiger partial charge in [-0.25, -0.2) is 4.79 Å². The molecule has 2 heterocycles.